The van der Waals surface area contributed by atoms with Gasteiger partial charge >= 0.3 is 0 Å². The average Bonchev–Trinajstić information content (AvgIpc) is 2.92. The molecule has 0 unspecified atom stereocenters. The molecule has 0 spiro atoms. The number of aromatic nitrogens is 2. The summed E-state index contributed by atoms with van der Waals surface area (Å²) >= 11 is 6.38. The number of methoxy groups -OCH3 is 1. The predicted molar refractivity (Wildman–Crippen MR) is 139 cm³/mol. The van der Waals surface area contributed by atoms with Crippen LogP contribution in [0.4, 0.5) is 8.78 Å². The van der Waals surface area contributed by atoms with Crippen molar-refractivity contribution in [3.8, 4) is 17.0 Å². The second kappa shape index (κ2) is 11.8. The Kier molecular flexibility index (Phi) is 8.53. The van der Waals surface area contributed by atoms with Crippen LogP contribution in [0.1, 0.15) is 34.6 Å². The van der Waals surface area contributed by atoms with Gasteiger partial charge in [-0.15, -0.1) is 0 Å². The molecule has 1 aromatic carbocycles. The van der Waals surface area contributed by atoms with Crippen molar-refractivity contribution in [3.63, 3.8) is 0 Å². The molecule has 3 heterocycles. The van der Waals surface area contributed by atoms with Gasteiger partial charge in [0, 0.05) is 45.2 Å². The van der Waals surface area contributed by atoms with Gasteiger partial charge in [0.2, 0.25) is 11.9 Å². The molecule has 1 aliphatic heterocycles. The molecule has 2 aromatic heterocycles. The van der Waals surface area contributed by atoms with Gasteiger partial charge < -0.3 is 15.0 Å². The predicted octanol–water partition coefficient (Wildman–Crippen LogP) is 4.05. The molecule has 38 heavy (non-hydrogen) atoms. The number of rotatable bonds is 7. The fourth-order valence-electron chi connectivity index (χ4n) is 4.62. The standard InChI is InChI=1S/C27H28ClF2N5O3/c1-16(36)35-14-20(12-29)34(13-17-4-6-21(38-3)7-5-17)15-24(35)19-9-22(32-25(28)10-19)18-8-23(27(37)31-2)33-26(30)11-18/h4-11,20,24H,12-15H2,1-3H3,(H,31,37)/t20-,24-/m0/s1. The minimum Gasteiger partial charge on any atom is -0.497 e. The van der Waals surface area contributed by atoms with E-state index < -0.39 is 30.6 Å². The number of piperazine rings is 1. The van der Waals surface area contributed by atoms with Crippen molar-refractivity contribution in [1.82, 2.24) is 25.1 Å². The van der Waals surface area contributed by atoms with Crippen molar-refractivity contribution in [3.05, 3.63) is 76.5 Å². The molecule has 8 nitrogen and oxygen atoms in total. The largest absolute Gasteiger partial charge is 0.497 e. The van der Waals surface area contributed by atoms with Crippen LogP contribution in [0.2, 0.25) is 5.15 Å². The Morgan fingerprint density at radius 2 is 1.87 bits per heavy atom. The fraction of sp³-hybridized carbons (Fsp3) is 0.333. The molecule has 11 heteroatoms. The molecular formula is C27H28ClF2N5O3. The van der Waals surface area contributed by atoms with Crippen molar-refractivity contribution in [2.75, 3.05) is 33.9 Å². The van der Waals surface area contributed by atoms with E-state index in [1.54, 1.807) is 24.1 Å². The van der Waals surface area contributed by atoms with Gasteiger partial charge in [0.1, 0.15) is 23.3 Å². The van der Waals surface area contributed by atoms with E-state index in [1.807, 2.05) is 29.2 Å². The molecule has 0 bridgehead atoms. The summed E-state index contributed by atoms with van der Waals surface area (Å²) in [7, 11) is 3.01. The smallest absolute Gasteiger partial charge is 0.269 e. The molecule has 1 saturated heterocycles. The Morgan fingerprint density at radius 3 is 2.50 bits per heavy atom. The molecule has 3 aromatic rings. The lowest BCUT2D eigenvalue weighted by Crippen LogP contribution is -2.56. The summed E-state index contributed by atoms with van der Waals surface area (Å²) in [4.78, 5) is 36.3. The first-order valence-electron chi connectivity index (χ1n) is 12.0. The first kappa shape index (κ1) is 27.4. The van der Waals surface area contributed by atoms with E-state index in [2.05, 4.69) is 15.3 Å². The maximum atomic E-state index is 14.3. The van der Waals surface area contributed by atoms with Crippen molar-refractivity contribution in [1.29, 1.82) is 0 Å². The number of carbonyl (C=O) groups excluding carboxylic acids is 2. The SMILES string of the molecule is CNC(=O)c1cc(-c2cc([C@@H]3CN(Cc4ccc(OC)cc4)[C@@H](CF)CN3C(C)=O)cc(Cl)n2)cc(F)n1. The third-order valence-electron chi connectivity index (χ3n) is 6.59. The molecule has 0 saturated carbocycles. The first-order chi connectivity index (χ1) is 18.2. The Hall–Kier alpha value is -3.63. The highest BCUT2D eigenvalue weighted by Gasteiger charge is 2.36. The first-order valence-corrected chi connectivity index (χ1v) is 12.4. The molecule has 4 rings (SSSR count). The van der Waals surface area contributed by atoms with Crippen molar-refractivity contribution in [2.45, 2.75) is 25.6 Å². The molecule has 1 fully saturated rings. The number of ether oxygens (including phenoxy) is 1. The Bertz CT molecular complexity index is 1320. The molecular weight excluding hydrogens is 516 g/mol. The number of halogens is 3. The highest BCUT2D eigenvalue weighted by molar-refractivity contribution is 6.29. The zero-order valence-corrected chi connectivity index (χ0v) is 22.0. The molecule has 0 radical (unpaired) electrons. The summed E-state index contributed by atoms with van der Waals surface area (Å²) in [6, 6.07) is 12.5. The summed E-state index contributed by atoms with van der Waals surface area (Å²) in [5.74, 6) is -0.872. The van der Waals surface area contributed by atoms with Crippen LogP contribution in [0.15, 0.2) is 48.5 Å². The van der Waals surface area contributed by atoms with E-state index in [1.165, 1.54) is 20.0 Å². The fourth-order valence-corrected chi connectivity index (χ4v) is 4.84. The van der Waals surface area contributed by atoms with Gasteiger partial charge in [-0.05, 0) is 41.5 Å². The van der Waals surface area contributed by atoms with E-state index in [0.29, 0.717) is 29.9 Å². The maximum absolute atomic E-state index is 14.3. The lowest BCUT2D eigenvalue weighted by atomic mass is 9.97. The summed E-state index contributed by atoms with van der Waals surface area (Å²) in [5, 5.41) is 2.55. The minimum atomic E-state index is -0.844. The van der Waals surface area contributed by atoms with Crippen LogP contribution in [0, 0.1) is 5.95 Å². The van der Waals surface area contributed by atoms with E-state index in [4.69, 9.17) is 16.3 Å². The molecule has 1 N–H and O–H groups in total. The van der Waals surface area contributed by atoms with Gasteiger partial charge in [-0.2, -0.15) is 4.39 Å². The summed E-state index contributed by atoms with van der Waals surface area (Å²) in [6.45, 7) is 1.82. The monoisotopic (exact) mass is 543 g/mol. The van der Waals surface area contributed by atoms with Crippen LogP contribution in [0.3, 0.4) is 0 Å². The Labute approximate surface area is 224 Å². The number of amides is 2. The number of benzene rings is 1. The quantitative estimate of drug-likeness (QED) is 0.452. The van der Waals surface area contributed by atoms with Crippen molar-refractivity contribution >= 4 is 23.4 Å². The topological polar surface area (TPSA) is 87.7 Å². The third-order valence-corrected chi connectivity index (χ3v) is 6.78. The van der Waals surface area contributed by atoms with Crippen molar-refractivity contribution in [2.24, 2.45) is 0 Å². The number of nitrogens with zero attached hydrogens (tertiary/aromatic N) is 4. The third kappa shape index (κ3) is 6.08. The Morgan fingerprint density at radius 1 is 1.13 bits per heavy atom. The number of carbonyl (C=O) groups is 2. The number of nitrogens with one attached hydrogen (secondary N) is 1. The van der Waals surface area contributed by atoms with Gasteiger partial charge in [0.25, 0.3) is 5.91 Å². The number of alkyl halides is 1. The zero-order chi connectivity index (χ0) is 27.4. The Balaban J connectivity index is 1.70. The number of hydrogen-bond donors (Lipinski definition) is 1. The van der Waals surface area contributed by atoms with Crippen LogP contribution in [-0.2, 0) is 11.3 Å². The zero-order valence-electron chi connectivity index (χ0n) is 21.2. The summed E-state index contributed by atoms with van der Waals surface area (Å²) in [5.41, 5.74) is 2.15. The van der Waals surface area contributed by atoms with E-state index in [-0.39, 0.29) is 23.3 Å². The van der Waals surface area contributed by atoms with E-state index >= 15 is 0 Å². The molecule has 2 atom stereocenters. The minimum absolute atomic E-state index is 0.106. The summed E-state index contributed by atoms with van der Waals surface area (Å²) in [6.07, 6.45) is 0. The molecule has 2 amide bonds. The van der Waals surface area contributed by atoms with E-state index in [0.717, 1.165) is 17.4 Å². The normalized spacial score (nSPS) is 17.8. The van der Waals surface area contributed by atoms with Crippen LogP contribution < -0.4 is 10.1 Å². The number of hydrogen-bond acceptors (Lipinski definition) is 6. The van der Waals surface area contributed by atoms with Crippen LogP contribution >= 0.6 is 11.6 Å². The van der Waals surface area contributed by atoms with E-state index in [9.17, 15) is 18.4 Å². The van der Waals surface area contributed by atoms with Crippen LogP contribution in [0.25, 0.3) is 11.3 Å². The highest BCUT2D eigenvalue weighted by Crippen LogP contribution is 2.33. The van der Waals surface area contributed by atoms with Gasteiger partial charge in [-0.25, -0.2) is 14.4 Å². The van der Waals surface area contributed by atoms with Crippen LogP contribution in [0.5, 0.6) is 5.75 Å². The second-order valence-electron chi connectivity index (χ2n) is 9.02. The molecule has 200 valence electrons. The lowest BCUT2D eigenvalue weighted by Gasteiger charge is -2.45. The second-order valence-corrected chi connectivity index (χ2v) is 9.41. The lowest BCUT2D eigenvalue weighted by molar-refractivity contribution is -0.136. The van der Waals surface area contributed by atoms with Gasteiger partial charge in [-0.3, -0.25) is 14.5 Å². The van der Waals surface area contributed by atoms with Gasteiger partial charge in [0.15, 0.2) is 0 Å². The van der Waals surface area contributed by atoms with Crippen LogP contribution in [-0.4, -0.2) is 71.5 Å². The molecule has 0 aliphatic carbocycles. The maximum Gasteiger partial charge on any atom is 0.269 e. The van der Waals surface area contributed by atoms with Gasteiger partial charge in [-0.1, -0.05) is 23.7 Å². The summed E-state index contributed by atoms with van der Waals surface area (Å²) < 4.78 is 33.6. The average molecular weight is 544 g/mol. The van der Waals surface area contributed by atoms with Crippen molar-refractivity contribution < 1.29 is 23.1 Å². The number of pyridine rings is 2. The molecule has 1 aliphatic rings. The van der Waals surface area contributed by atoms with Gasteiger partial charge in [0.05, 0.1) is 24.9 Å². The highest BCUT2D eigenvalue weighted by atomic mass is 35.5.